The number of hydrogen-bond acceptors (Lipinski definition) is 10. The van der Waals surface area contributed by atoms with E-state index in [4.69, 9.17) is 0 Å². The van der Waals surface area contributed by atoms with Crippen molar-refractivity contribution in [2.24, 2.45) is 0 Å². The Kier molecular flexibility index (Phi) is 5.56. The highest BCUT2D eigenvalue weighted by Crippen LogP contribution is 2.14. The van der Waals surface area contributed by atoms with Crippen molar-refractivity contribution in [3.8, 4) is 0 Å². The van der Waals surface area contributed by atoms with E-state index >= 15 is 0 Å². The molecule has 0 bridgehead atoms. The molecule has 136 valence electrons. The molecule has 25 heavy (non-hydrogen) atoms. The SMILES string of the molecule is O=C(CON1C(=O)CCC1=O)C(O)C(O)C(=O)ON1C(=O)CCC1=O. The minimum absolute atomic E-state index is 0.0809. The van der Waals surface area contributed by atoms with Gasteiger partial charge in [0.25, 0.3) is 23.6 Å². The molecule has 2 saturated heterocycles. The number of amides is 4. The first-order valence-corrected chi connectivity index (χ1v) is 7.17. The van der Waals surface area contributed by atoms with Crippen molar-refractivity contribution in [1.29, 1.82) is 0 Å². The van der Waals surface area contributed by atoms with Crippen LogP contribution in [0.25, 0.3) is 0 Å². The van der Waals surface area contributed by atoms with Crippen LogP contribution in [0, 0.1) is 0 Å². The fourth-order valence-electron chi connectivity index (χ4n) is 2.02. The molecule has 12 heteroatoms. The van der Waals surface area contributed by atoms with Gasteiger partial charge in [0.15, 0.2) is 18.0 Å². The molecule has 0 radical (unpaired) electrons. The van der Waals surface area contributed by atoms with Crippen LogP contribution in [-0.4, -0.2) is 74.5 Å². The molecular formula is C13H14N2O10. The summed E-state index contributed by atoms with van der Waals surface area (Å²) in [5.74, 6) is -5.77. The molecule has 2 heterocycles. The number of rotatable bonds is 7. The number of carbonyl (C=O) groups is 6. The van der Waals surface area contributed by atoms with E-state index < -0.39 is 54.2 Å². The Labute approximate surface area is 139 Å². The van der Waals surface area contributed by atoms with Crippen LogP contribution in [0.1, 0.15) is 25.7 Å². The zero-order valence-electron chi connectivity index (χ0n) is 12.7. The molecule has 2 rings (SSSR count). The summed E-state index contributed by atoms with van der Waals surface area (Å²) >= 11 is 0. The second kappa shape index (κ2) is 7.46. The first-order chi connectivity index (χ1) is 11.7. The molecule has 0 aromatic heterocycles. The molecule has 0 saturated carbocycles. The molecular weight excluding hydrogens is 344 g/mol. The van der Waals surface area contributed by atoms with E-state index in [1.807, 2.05) is 0 Å². The lowest BCUT2D eigenvalue weighted by Crippen LogP contribution is -2.46. The maximum absolute atomic E-state index is 11.7. The Morgan fingerprint density at radius 3 is 1.76 bits per heavy atom. The first kappa shape index (κ1) is 18.6. The smallest absolute Gasteiger partial charge is 0.364 e. The third-order valence-corrected chi connectivity index (χ3v) is 3.40. The quantitative estimate of drug-likeness (QED) is 0.446. The van der Waals surface area contributed by atoms with Gasteiger partial charge in [-0.3, -0.25) is 28.8 Å². The largest absolute Gasteiger partial charge is 0.382 e. The number of hydroxylamine groups is 4. The number of nitrogens with zero attached hydrogens (tertiary/aromatic N) is 2. The average molecular weight is 358 g/mol. The van der Waals surface area contributed by atoms with Crippen molar-refractivity contribution >= 4 is 35.4 Å². The van der Waals surface area contributed by atoms with Crippen LogP contribution < -0.4 is 0 Å². The molecule has 12 nitrogen and oxygen atoms in total. The topological polar surface area (TPSA) is 168 Å². The highest BCUT2D eigenvalue weighted by Gasteiger charge is 2.39. The summed E-state index contributed by atoms with van der Waals surface area (Å²) < 4.78 is 0. The van der Waals surface area contributed by atoms with Crippen molar-refractivity contribution in [1.82, 2.24) is 10.1 Å². The maximum Gasteiger partial charge on any atom is 0.364 e. The van der Waals surface area contributed by atoms with Gasteiger partial charge in [0.1, 0.15) is 6.61 Å². The Morgan fingerprint density at radius 2 is 1.28 bits per heavy atom. The zero-order valence-corrected chi connectivity index (χ0v) is 12.7. The van der Waals surface area contributed by atoms with E-state index in [-0.39, 0.29) is 30.7 Å². The van der Waals surface area contributed by atoms with E-state index in [1.54, 1.807) is 0 Å². The van der Waals surface area contributed by atoms with E-state index in [0.29, 0.717) is 5.06 Å². The number of ketones is 1. The van der Waals surface area contributed by atoms with Gasteiger partial charge < -0.3 is 15.1 Å². The third kappa shape index (κ3) is 4.04. The summed E-state index contributed by atoms with van der Waals surface area (Å²) in [6, 6.07) is 0. The van der Waals surface area contributed by atoms with Crippen LogP contribution >= 0.6 is 0 Å². The van der Waals surface area contributed by atoms with Gasteiger partial charge in [0, 0.05) is 25.7 Å². The van der Waals surface area contributed by atoms with Crippen LogP contribution in [0.5, 0.6) is 0 Å². The lowest BCUT2D eigenvalue weighted by Gasteiger charge is -2.19. The predicted molar refractivity (Wildman–Crippen MR) is 71.2 cm³/mol. The molecule has 2 aliphatic rings. The average Bonchev–Trinajstić information content (AvgIpc) is 3.07. The second-order valence-corrected chi connectivity index (χ2v) is 5.20. The lowest BCUT2D eigenvalue weighted by atomic mass is 10.1. The summed E-state index contributed by atoms with van der Waals surface area (Å²) in [6.45, 7) is -0.968. The first-order valence-electron chi connectivity index (χ1n) is 7.17. The van der Waals surface area contributed by atoms with Crippen molar-refractivity contribution in [2.45, 2.75) is 37.9 Å². The summed E-state index contributed by atoms with van der Waals surface area (Å²) in [7, 11) is 0. The normalized spacial score (nSPS) is 20.2. The van der Waals surface area contributed by atoms with Crippen molar-refractivity contribution in [2.75, 3.05) is 6.61 Å². The van der Waals surface area contributed by atoms with Gasteiger partial charge >= 0.3 is 5.97 Å². The highest BCUT2D eigenvalue weighted by atomic mass is 16.7. The van der Waals surface area contributed by atoms with Gasteiger partial charge in [-0.1, -0.05) is 0 Å². The molecule has 4 amide bonds. The van der Waals surface area contributed by atoms with Gasteiger partial charge in [0.2, 0.25) is 0 Å². The van der Waals surface area contributed by atoms with Gasteiger partial charge in [0.05, 0.1) is 0 Å². The molecule has 0 aromatic carbocycles. The lowest BCUT2D eigenvalue weighted by molar-refractivity contribution is -0.207. The molecule has 2 unspecified atom stereocenters. The summed E-state index contributed by atoms with van der Waals surface area (Å²) in [5.41, 5.74) is 0. The summed E-state index contributed by atoms with van der Waals surface area (Å²) in [6.07, 6.45) is -5.22. The highest BCUT2D eigenvalue weighted by molar-refractivity contribution is 6.02. The van der Waals surface area contributed by atoms with Gasteiger partial charge in [-0.25, -0.2) is 4.79 Å². The van der Waals surface area contributed by atoms with E-state index in [0.717, 1.165) is 0 Å². The fourth-order valence-corrected chi connectivity index (χ4v) is 2.02. The predicted octanol–water partition coefficient (Wildman–Crippen LogP) is -3.03. The van der Waals surface area contributed by atoms with Crippen molar-refractivity contribution < 1.29 is 48.7 Å². The monoisotopic (exact) mass is 358 g/mol. The Hall–Kier alpha value is -2.70. The minimum atomic E-state index is -2.40. The molecule has 2 atom stereocenters. The molecule has 0 spiro atoms. The fraction of sp³-hybridized carbons (Fsp3) is 0.538. The van der Waals surface area contributed by atoms with E-state index in [2.05, 4.69) is 9.68 Å². The van der Waals surface area contributed by atoms with Crippen molar-refractivity contribution in [3.63, 3.8) is 0 Å². The van der Waals surface area contributed by atoms with Crippen molar-refractivity contribution in [3.05, 3.63) is 0 Å². The maximum atomic E-state index is 11.7. The molecule has 2 aliphatic heterocycles. The number of Topliss-reactive ketones (excluding diaryl/α,β-unsaturated/α-hetero) is 1. The molecule has 2 N–H and O–H groups in total. The number of imide groups is 2. The van der Waals surface area contributed by atoms with Crippen LogP contribution in [-0.2, 0) is 38.4 Å². The van der Waals surface area contributed by atoms with Crippen LogP contribution in [0.2, 0.25) is 0 Å². The molecule has 0 aromatic rings. The molecule has 2 fully saturated rings. The van der Waals surface area contributed by atoms with Crippen LogP contribution in [0.15, 0.2) is 0 Å². The zero-order chi connectivity index (χ0) is 18.7. The standard InChI is InChI=1S/C13H14N2O10/c16-6(5-24-14-7(17)1-2-8(14)18)11(21)12(22)13(23)25-15-9(19)3-4-10(15)20/h11-12,21-22H,1-5H2. The van der Waals surface area contributed by atoms with Crippen LogP contribution in [0.4, 0.5) is 0 Å². The van der Waals surface area contributed by atoms with E-state index in [1.165, 1.54) is 0 Å². The van der Waals surface area contributed by atoms with E-state index in [9.17, 15) is 39.0 Å². The summed E-state index contributed by atoms with van der Waals surface area (Å²) in [5, 5.41) is 19.7. The Morgan fingerprint density at radius 1 is 0.840 bits per heavy atom. The Balaban J connectivity index is 1.86. The van der Waals surface area contributed by atoms with Gasteiger partial charge in [-0.05, 0) is 0 Å². The number of aliphatic hydroxyl groups excluding tert-OH is 2. The number of aliphatic hydroxyl groups is 2. The number of hydrogen-bond donors (Lipinski definition) is 2. The Bertz CT molecular complexity index is 613. The molecule has 0 aliphatic carbocycles. The second-order valence-electron chi connectivity index (χ2n) is 5.20. The summed E-state index contributed by atoms with van der Waals surface area (Å²) in [4.78, 5) is 77.4. The number of carbonyl (C=O) groups excluding carboxylic acids is 6. The van der Waals surface area contributed by atoms with Gasteiger partial charge in [-0.2, -0.15) is 5.06 Å². The minimum Gasteiger partial charge on any atom is -0.382 e. The van der Waals surface area contributed by atoms with Gasteiger partial charge in [-0.15, -0.1) is 5.06 Å². The third-order valence-electron chi connectivity index (χ3n) is 3.40. The van der Waals surface area contributed by atoms with Crippen LogP contribution in [0.3, 0.4) is 0 Å².